The molecular formula is C22H27FN2O3S. The van der Waals surface area contributed by atoms with E-state index in [4.69, 9.17) is 4.74 Å². The molecule has 1 aromatic heterocycles. The molecule has 5 nitrogen and oxygen atoms in total. The third kappa shape index (κ3) is 4.78. The number of benzene rings is 1. The minimum absolute atomic E-state index is 0.00827. The van der Waals surface area contributed by atoms with E-state index >= 15 is 0 Å². The Bertz CT molecular complexity index is 869. The van der Waals surface area contributed by atoms with Crippen molar-refractivity contribution in [2.24, 2.45) is 0 Å². The predicted octanol–water partition coefficient (Wildman–Crippen LogP) is 4.04. The molecule has 2 heterocycles. The van der Waals surface area contributed by atoms with Gasteiger partial charge in [0.2, 0.25) is 11.8 Å². The van der Waals surface area contributed by atoms with E-state index in [1.54, 1.807) is 39.3 Å². The Labute approximate surface area is 175 Å². The van der Waals surface area contributed by atoms with Crippen molar-refractivity contribution in [3.8, 4) is 5.75 Å². The van der Waals surface area contributed by atoms with Crippen LogP contribution in [0.2, 0.25) is 0 Å². The van der Waals surface area contributed by atoms with Crippen molar-refractivity contribution in [3.63, 3.8) is 0 Å². The zero-order valence-corrected chi connectivity index (χ0v) is 17.9. The molecule has 0 saturated heterocycles. The highest BCUT2D eigenvalue weighted by Crippen LogP contribution is 2.34. The number of hydrogen-bond donors (Lipinski definition) is 0. The highest BCUT2D eigenvalue weighted by Gasteiger charge is 2.33. The molecule has 7 heteroatoms. The minimum Gasteiger partial charge on any atom is -0.488 e. The first-order chi connectivity index (χ1) is 13.9. The lowest BCUT2D eigenvalue weighted by Gasteiger charge is -2.37. The molecule has 0 unspecified atom stereocenters. The molecule has 1 aromatic carbocycles. The highest BCUT2D eigenvalue weighted by molar-refractivity contribution is 7.10. The lowest BCUT2D eigenvalue weighted by Crippen LogP contribution is -2.49. The van der Waals surface area contributed by atoms with Crippen molar-refractivity contribution in [1.82, 2.24) is 9.80 Å². The van der Waals surface area contributed by atoms with E-state index < -0.39 is 5.82 Å². The number of carbonyl (C=O) groups excluding carboxylic acids is 2. The molecule has 156 valence electrons. The van der Waals surface area contributed by atoms with Gasteiger partial charge < -0.3 is 14.5 Å². The molecule has 3 rings (SSSR count). The number of para-hydroxylation sites is 1. The lowest BCUT2D eigenvalue weighted by molar-refractivity contribution is -0.143. The molecule has 2 amide bonds. The predicted molar refractivity (Wildman–Crippen MR) is 112 cm³/mol. The van der Waals surface area contributed by atoms with E-state index in [1.807, 2.05) is 25.3 Å². The van der Waals surface area contributed by atoms with Crippen molar-refractivity contribution in [1.29, 1.82) is 0 Å². The normalized spacial score (nSPS) is 16.8. The molecular weight excluding hydrogens is 391 g/mol. The van der Waals surface area contributed by atoms with E-state index in [0.717, 1.165) is 18.4 Å². The average molecular weight is 419 g/mol. The molecule has 2 aromatic rings. The van der Waals surface area contributed by atoms with Crippen molar-refractivity contribution in [3.05, 3.63) is 52.0 Å². The van der Waals surface area contributed by atoms with Gasteiger partial charge in [-0.3, -0.25) is 9.59 Å². The lowest BCUT2D eigenvalue weighted by atomic mass is 10.00. The Kier molecular flexibility index (Phi) is 6.90. The van der Waals surface area contributed by atoms with Crippen LogP contribution < -0.4 is 4.74 Å². The van der Waals surface area contributed by atoms with Crippen LogP contribution in [0.15, 0.2) is 35.7 Å². The van der Waals surface area contributed by atoms with Crippen LogP contribution in [0.25, 0.3) is 0 Å². The third-order valence-electron chi connectivity index (χ3n) is 5.48. The molecule has 2 atom stereocenters. The monoisotopic (exact) mass is 418 g/mol. The van der Waals surface area contributed by atoms with Crippen molar-refractivity contribution in [2.45, 2.75) is 45.7 Å². The van der Waals surface area contributed by atoms with Crippen LogP contribution >= 0.6 is 11.3 Å². The number of thiophene rings is 1. The fourth-order valence-electron chi connectivity index (χ4n) is 3.64. The van der Waals surface area contributed by atoms with Gasteiger partial charge in [-0.25, -0.2) is 4.39 Å². The Morgan fingerprint density at radius 1 is 1.34 bits per heavy atom. The molecule has 29 heavy (non-hydrogen) atoms. The van der Waals surface area contributed by atoms with E-state index in [9.17, 15) is 14.0 Å². The largest absolute Gasteiger partial charge is 0.488 e. The number of amides is 2. The van der Waals surface area contributed by atoms with Crippen molar-refractivity contribution >= 4 is 23.2 Å². The highest BCUT2D eigenvalue weighted by atomic mass is 32.1. The van der Waals surface area contributed by atoms with Gasteiger partial charge in [0.15, 0.2) is 11.6 Å². The Hall–Kier alpha value is -2.41. The third-order valence-corrected chi connectivity index (χ3v) is 6.48. The molecule has 0 N–H and O–H groups in total. The SMILES string of the molecule is CC[C@@H](C)N(CC(=O)N1CCc2sccc2[C@@H]1COc1ccccc1F)C(C)=O. The minimum atomic E-state index is -0.425. The van der Waals surface area contributed by atoms with Gasteiger partial charge in [-0.1, -0.05) is 19.1 Å². The molecule has 0 aliphatic carbocycles. The summed E-state index contributed by atoms with van der Waals surface area (Å²) in [4.78, 5) is 29.8. The van der Waals surface area contributed by atoms with Crippen LogP contribution in [0, 0.1) is 5.82 Å². The molecule has 0 bridgehead atoms. The number of fused-ring (bicyclic) bond motifs is 1. The van der Waals surface area contributed by atoms with Crippen LogP contribution in [0.3, 0.4) is 0 Å². The summed E-state index contributed by atoms with van der Waals surface area (Å²) in [6.07, 6.45) is 1.56. The molecule has 1 aliphatic heterocycles. The van der Waals surface area contributed by atoms with E-state index in [0.29, 0.717) is 6.54 Å². The van der Waals surface area contributed by atoms with Crippen molar-refractivity contribution in [2.75, 3.05) is 19.7 Å². The summed E-state index contributed by atoms with van der Waals surface area (Å²) in [5, 5.41) is 2.01. The second-order valence-corrected chi connectivity index (χ2v) is 8.30. The quantitative estimate of drug-likeness (QED) is 0.682. The zero-order valence-electron chi connectivity index (χ0n) is 17.1. The van der Waals surface area contributed by atoms with Gasteiger partial charge in [0, 0.05) is 24.4 Å². The topological polar surface area (TPSA) is 49.9 Å². The summed E-state index contributed by atoms with van der Waals surface area (Å²) in [5.74, 6) is -0.474. The molecule has 0 saturated carbocycles. The summed E-state index contributed by atoms with van der Waals surface area (Å²) in [6, 6.07) is 7.96. The number of ether oxygens (including phenoxy) is 1. The summed E-state index contributed by atoms with van der Waals surface area (Å²) in [7, 11) is 0. The maximum absolute atomic E-state index is 14.0. The van der Waals surface area contributed by atoms with E-state index in [-0.39, 0.29) is 42.8 Å². The van der Waals surface area contributed by atoms with Crippen LogP contribution in [-0.2, 0) is 16.0 Å². The Morgan fingerprint density at radius 3 is 2.79 bits per heavy atom. The Morgan fingerprint density at radius 2 is 2.10 bits per heavy atom. The summed E-state index contributed by atoms with van der Waals surface area (Å²) < 4.78 is 19.7. The first-order valence-electron chi connectivity index (χ1n) is 9.92. The standard InChI is InChI=1S/C22H27FN2O3S/c1-4-15(2)25(16(3)26)13-22(27)24-11-9-21-17(10-12-29-21)19(24)14-28-20-8-6-5-7-18(20)23/h5-8,10,12,15,19H,4,9,11,13-14H2,1-3H3/t15-,19+/m1/s1. The number of rotatable bonds is 7. The summed E-state index contributed by atoms with van der Waals surface area (Å²) in [5.41, 5.74) is 1.05. The van der Waals surface area contributed by atoms with Crippen LogP contribution in [0.5, 0.6) is 5.75 Å². The zero-order chi connectivity index (χ0) is 21.0. The van der Waals surface area contributed by atoms with Crippen LogP contribution in [-0.4, -0.2) is 47.4 Å². The first kappa shape index (κ1) is 21.3. The summed E-state index contributed by atoms with van der Waals surface area (Å²) >= 11 is 1.66. The molecule has 1 aliphatic rings. The smallest absolute Gasteiger partial charge is 0.242 e. The fraction of sp³-hybridized carbons (Fsp3) is 0.455. The van der Waals surface area contributed by atoms with Crippen LogP contribution in [0.4, 0.5) is 4.39 Å². The summed E-state index contributed by atoms with van der Waals surface area (Å²) in [6.45, 7) is 6.20. The second-order valence-electron chi connectivity index (χ2n) is 7.30. The van der Waals surface area contributed by atoms with Gasteiger partial charge in [0.1, 0.15) is 6.61 Å². The molecule has 0 fully saturated rings. The van der Waals surface area contributed by atoms with Gasteiger partial charge >= 0.3 is 0 Å². The first-order valence-corrected chi connectivity index (χ1v) is 10.8. The van der Waals surface area contributed by atoms with Gasteiger partial charge in [0.05, 0.1) is 12.6 Å². The Balaban J connectivity index is 1.79. The van der Waals surface area contributed by atoms with Gasteiger partial charge in [-0.15, -0.1) is 11.3 Å². The fourth-order valence-corrected chi connectivity index (χ4v) is 4.57. The number of halogens is 1. The van der Waals surface area contributed by atoms with Gasteiger partial charge in [-0.2, -0.15) is 0 Å². The average Bonchev–Trinajstić information content (AvgIpc) is 3.19. The second kappa shape index (κ2) is 9.39. The maximum Gasteiger partial charge on any atom is 0.242 e. The van der Waals surface area contributed by atoms with E-state index in [1.165, 1.54) is 17.9 Å². The van der Waals surface area contributed by atoms with E-state index in [2.05, 4.69) is 0 Å². The maximum atomic E-state index is 14.0. The number of hydrogen-bond acceptors (Lipinski definition) is 4. The van der Waals surface area contributed by atoms with Crippen molar-refractivity contribution < 1.29 is 18.7 Å². The molecule has 0 spiro atoms. The number of carbonyl (C=O) groups is 2. The molecule has 0 radical (unpaired) electrons. The van der Waals surface area contributed by atoms with Gasteiger partial charge in [0.25, 0.3) is 0 Å². The van der Waals surface area contributed by atoms with Crippen LogP contribution in [0.1, 0.15) is 43.7 Å². The van der Waals surface area contributed by atoms with Gasteiger partial charge in [-0.05, 0) is 48.9 Å². The number of nitrogens with zero attached hydrogens (tertiary/aromatic N) is 2.